The van der Waals surface area contributed by atoms with E-state index in [1.54, 1.807) is 24.3 Å². The van der Waals surface area contributed by atoms with E-state index in [9.17, 15) is 17.6 Å². The number of aromatic nitrogens is 3. The Bertz CT molecular complexity index is 1130. The maximum Gasteiger partial charge on any atom is 0.418 e. The second-order valence-electron chi connectivity index (χ2n) is 6.12. The number of benzene rings is 2. The number of pyridine rings is 1. The molecule has 8 heteroatoms. The highest BCUT2D eigenvalue weighted by Gasteiger charge is 2.34. The lowest BCUT2D eigenvalue weighted by molar-refractivity contribution is -0.136. The molecule has 4 aromatic rings. The van der Waals surface area contributed by atoms with Crippen LogP contribution in [0, 0.1) is 5.82 Å². The summed E-state index contributed by atoms with van der Waals surface area (Å²) in [5.74, 6) is -0.560. The van der Waals surface area contributed by atoms with Gasteiger partial charge in [-0.25, -0.2) is 4.39 Å². The lowest BCUT2D eigenvalue weighted by Crippen LogP contribution is -2.08. The molecule has 0 aliphatic carbocycles. The molecule has 0 bridgehead atoms. The molecule has 0 radical (unpaired) electrons. The van der Waals surface area contributed by atoms with Crippen molar-refractivity contribution in [2.24, 2.45) is 0 Å². The number of halogens is 5. The smallest absolute Gasteiger partial charge is 0.257 e. The van der Waals surface area contributed by atoms with Crippen LogP contribution >= 0.6 is 11.6 Å². The van der Waals surface area contributed by atoms with Gasteiger partial charge in [-0.05, 0) is 30.3 Å². The van der Waals surface area contributed by atoms with E-state index in [1.807, 2.05) is 0 Å². The summed E-state index contributed by atoms with van der Waals surface area (Å²) in [5.41, 5.74) is -0.149. The van der Waals surface area contributed by atoms with Crippen LogP contribution in [0.5, 0.6) is 0 Å². The second kappa shape index (κ2) is 6.91. The normalized spacial score (nSPS) is 11.9. The standard InChI is InChI=1S/C20H12ClF4N3/c21-15-7-4-8-16(22)13(15)11-28-19(17-9-1-2-10-26-17)12-5-3-6-14(18(12)27-28)20(23,24)25/h1-10H,11H2. The summed E-state index contributed by atoms with van der Waals surface area (Å²) >= 11 is 6.10. The molecule has 0 aliphatic rings. The average Bonchev–Trinajstić information content (AvgIpc) is 3.02. The third-order valence-electron chi connectivity index (χ3n) is 4.35. The summed E-state index contributed by atoms with van der Waals surface area (Å²) in [4.78, 5) is 4.24. The molecule has 0 fully saturated rings. The van der Waals surface area contributed by atoms with E-state index in [2.05, 4.69) is 10.1 Å². The summed E-state index contributed by atoms with van der Waals surface area (Å²) in [5, 5.41) is 4.61. The van der Waals surface area contributed by atoms with E-state index < -0.39 is 17.6 Å². The molecule has 3 nitrogen and oxygen atoms in total. The van der Waals surface area contributed by atoms with Gasteiger partial charge in [-0.3, -0.25) is 9.67 Å². The van der Waals surface area contributed by atoms with Gasteiger partial charge in [0.2, 0.25) is 0 Å². The van der Waals surface area contributed by atoms with Gasteiger partial charge in [-0.1, -0.05) is 35.9 Å². The quantitative estimate of drug-likeness (QED) is 0.394. The zero-order valence-electron chi connectivity index (χ0n) is 14.2. The van der Waals surface area contributed by atoms with Crippen molar-refractivity contribution < 1.29 is 17.6 Å². The molecule has 0 unspecified atom stereocenters. The van der Waals surface area contributed by atoms with E-state index in [1.165, 1.54) is 35.1 Å². The number of hydrogen-bond donors (Lipinski definition) is 0. The molecule has 0 atom stereocenters. The fourth-order valence-electron chi connectivity index (χ4n) is 3.10. The van der Waals surface area contributed by atoms with Crippen LogP contribution in [0.4, 0.5) is 17.6 Å². The summed E-state index contributed by atoms with van der Waals surface area (Å²) in [7, 11) is 0. The van der Waals surface area contributed by atoms with Gasteiger partial charge in [0, 0.05) is 22.2 Å². The van der Waals surface area contributed by atoms with Crippen molar-refractivity contribution in [3.05, 3.63) is 82.8 Å². The largest absolute Gasteiger partial charge is 0.418 e. The first-order valence-electron chi connectivity index (χ1n) is 8.27. The number of alkyl halides is 3. The number of nitrogens with zero attached hydrogens (tertiary/aromatic N) is 3. The zero-order valence-corrected chi connectivity index (χ0v) is 15.0. The SMILES string of the molecule is Fc1cccc(Cl)c1Cn1nc2c(C(F)(F)F)cccc2c1-c1ccccn1. The molecule has 28 heavy (non-hydrogen) atoms. The topological polar surface area (TPSA) is 30.7 Å². The highest BCUT2D eigenvalue weighted by Crippen LogP contribution is 2.38. The third-order valence-corrected chi connectivity index (χ3v) is 4.71. The van der Waals surface area contributed by atoms with Crippen LogP contribution in [-0.4, -0.2) is 14.8 Å². The minimum atomic E-state index is -4.57. The van der Waals surface area contributed by atoms with Crippen molar-refractivity contribution in [1.29, 1.82) is 0 Å². The first-order valence-corrected chi connectivity index (χ1v) is 8.65. The van der Waals surface area contributed by atoms with E-state index in [0.717, 1.165) is 6.07 Å². The highest BCUT2D eigenvalue weighted by atomic mass is 35.5. The van der Waals surface area contributed by atoms with E-state index in [0.29, 0.717) is 11.4 Å². The van der Waals surface area contributed by atoms with Gasteiger partial charge in [0.05, 0.1) is 23.5 Å². The summed E-state index contributed by atoms with van der Waals surface area (Å²) < 4.78 is 56.0. The Balaban J connectivity index is 2.00. The Morgan fingerprint density at radius 1 is 0.964 bits per heavy atom. The molecule has 2 heterocycles. The van der Waals surface area contributed by atoms with Crippen LogP contribution in [-0.2, 0) is 12.7 Å². The molecule has 0 amide bonds. The molecule has 0 spiro atoms. The van der Waals surface area contributed by atoms with Gasteiger partial charge >= 0.3 is 6.18 Å². The Labute approximate surface area is 162 Å². The van der Waals surface area contributed by atoms with Gasteiger partial charge < -0.3 is 0 Å². The Hall–Kier alpha value is -2.93. The van der Waals surface area contributed by atoms with Crippen molar-refractivity contribution in [1.82, 2.24) is 14.8 Å². The van der Waals surface area contributed by atoms with Crippen molar-refractivity contribution >= 4 is 22.5 Å². The fourth-order valence-corrected chi connectivity index (χ4v) is 3.32. The molecule has 0 N–H and O–H groups in total. The molecule has 2 aromatic carbocycles. The Kier molecular flexibility index (Phi) is 4.55. The van der Waals surface area contributed by atoms with Crippen LogP contribution in [0.25, 0.3) is 22.3 Å². The molecule has 2 aromatic heterocycles. The summed E-state index contributed by atoms with van der Waals surface area (Å²) in [6.07, 6.45) is -3.04. The molecule has 4 rings (SSSR count). The van der Waals surface area contributed by atoms with E-state index >= 15 is 0 Å². The van der Waals surface area contributed by atoms with Gasteiger partial charge in [0.25, 0.3) is 0 Å². The molecule has 0 saturated heterocycles. The molecule has 142 valence electrons. The maximum atomic E-state index is 14.3. The highest BCUT2D eigenvalue weighted by molar-refractivity contribution is 6.31. The minimum Gasteiger partial charge on any atom is -0.257 e. The van der Waals surface area contributed by atoms with E-state index in [4.69, 9.17) is 11.6 Å². The fraction of sp³-hybridized carbons (Fsp3) is 0.100. The van der Waals surface area contributed by atoms with Gasteiger partial charge in [0.1, 0.15) is 11.3 Å². The second-order valence-corrected chi connectivity index (χ2v) is 6.53. The molecular weight excluding hydrogens is 394 g/mol. The summed E-state index contributed by atoms with van der Waals surface area (Å²) in [6.45, 7) is -0.136. The van der Waals surface area contributed by atoms with Crippen molar-refractivity contribution in [3.8, 4) is 11.4 Å². The van der Waals surface area contributed by atoms with Crippen molar-refractivity contribution in [2.75, 3.05) is 0 Å². The number of hydrogen-bond acceptors (Lipinski definition) is 2. The van der Waals surface area contributed by atoms with Crippen LogP contribution in [0.2, 0.25) is 5.02 Å². The third kappa shape index (κ3) is 3.22. The average molecular weight is 406 g/mol. The zero-order chi connectivity index (χ0) is 19.9. The Morgan fingerprint density at radius 3 is 2.43 bits per heavy atom. The first-order chi connectivity index (χ1) is 13.4. The molecule has 0 aliphatic heterocycles. The minimum absolute atomic E-state index is 0.136. The summed E-state index contributed by atoms with van der Waals surface area (Å²) in [6, 6.07) is 13.1. The van der Waals surface area contributed by atoms with Crippen LogP contribution in [0.15, 0.2) is 60.8 Å². The number of fused-ring (bicyclic) bond motifs is 1. The first kappa shape index (κ1) is 18.4. The van der Waals surface area contributed by atoms with Crippen LogP contribution in [0.3, 0.4) is 0 Å². The van der Waals surface area contributed by atoms with Crippen molar-refractivity contribution in [3.63, 3.8) is 0 Å². The lowest BCUT2D eigenvalue weighted by atomic mass is 10.1. The van der Waals surface area contributed by atoms with Gasteiger partial charge in [-0.15, -0.1) is 0 Å². The maximum absolute atomic E-state index is 14.3. The molecular formula is C20H12ClF4N3. The van der Waals surface area contributed by atoms with Crippen molar-refractivity contribution in [2.45, 2.75) is 12.7 Å². The van der Waals surface area contributed by atoms with Crippen LogP contribution in [0.1, 0.15) is 11.1 Å². The predicted molar refractivity (Wildman–Crippen MR) is 98.5 cm³/mol. The number of rotatable bonds is 3. The van der Waals surface area contributed by atoms with E-state index in [-0.39, 0.29) is 28.0 Å². The molecule has 0 saturated carbocycles. The van der Waals surface area contributed by atoms with Gasteiger partial charge in [-0.2, -0.15) is 18.3 Å². The Morgan fingerprint density at radius 2 is 1.75 bits per heavy atom. The van der Waals surface area contributed by atoms with Gasteiger partial charge in [0.15, 0.2) is 0 Å². The monoisotopic (exact) mass is 405 g/mol. The van der Waals surface area contributed by atoms with Crippen LogP contribution < -0.4 is 0 Å². The predicted octanol–water partition coefficient (Wildman–Crippen LogP) is 5.96. The lowest BCUT2D eigenvalue weighted by Gasteiger charge is -2.10.